The molecular formula is C21H25N3O3. The molecule has 1 aromatic carbocycles. The number of hydrogen-bond donors (Lipinski definition) is 1. The van der Waals surface area contributed by atoms with E-state index in [1.807, 2.05) is 40.7 Å². The van der Waals surface area contributed by atoms with Crippen molar-refractivity contribution in [3.63, 3.8) is 0 Å². The fraction of sp³-hybridized carbons (Fsp3) is 0.429. The second-order valence-corrected chi connectivity index (χ2v) is 7.10. The Bertz CT molecular complexity index is 864. The summed E-state index contributed by atoms with van der Waals surface area (Å²) < 4.78 is 17.0. The van der Waals surface area contributed by atoms with E-state index in [9.17, 15) is 10.5 Å². The quantitative estimate of drug-likeness (QED) is 0.840. The maximum Gasteiger partial charge on any atom is 0.205 e. The second-order valence-electron chi connectivity index (χ2n) is 7.10. The number of nitrogens with zero attached hydrogens (tertiary/aromatic N) is 2. The van der Waals surface area contributed by atoms with Gasteiger partial charge < -0.3 is 19.9 Å². The normalized spacial score (nSPS) is 17.1. The largest absolute Gasteiger partial charge is 0.490 e. The van der Waals surface area contributed by atoms with Crippen molar-refractivity contribution in [3.8, 4) is 23.6 Å². The molecule has 0 bridgehead atoms. The van der Waals surface area contributed by atoms with Crippen molar-refractivity contribution in [2.24, 2.45) is 11.1 Å². The van der Waals surface area contributed by atoms with Crippen LogP contribution in [0.2, 0.25) is 0 Å². The highest BCUT2D eigenvalue weighted by Gasteiger charge is 2.37. The van der Waals surface area contributed by atoms with Crippen LogP contribution in [0.4, 0.5) is 0 Å². The van der Waals surface area contributed by atoms with Gasteiger partial charge in [-0.15, -0.1) is 0 Å². The molecule has 0 amide bonds. The summed E-state index contributed by atoms with van der Waals surface area (Å²) in [4.78, 5) is 0. The summed E-state index contributed by atoms with van der Waals surface area (Å²) in [6, 6.07) is 9.74. The third-order valence-corrected chi connectivity index (χ3v) is 4.12. The molecule has 2 rings (SSSR count). The van der Waals surface area contributed by atoms with Crippen molar-refractivity contribution in [2.45, 2.75) is 40.5 Å². The molecule has 2 N–H and O–H groups in total. The average molecular weight is 367 g/mol. The van der Waals surface area contributed by atoms with E-state index >= 15 is 0 Å². The lowest BCUT2D eigenvalue weighted by molar-refractivity contribution is 0.199. The van der Waals surface area contributed by atoms with Gasteiger partial charge in [-0.2, -0.15) is 10.5 Å². The zero-order valence-corrected chi connectivity index (χ0v) is 16.4. The minimum absolute atomic E-state index is 0.0262. The molecule has 27 heavy (non-hydrogen) atoms. The first kappa shape index (κ1) is 20.2. The van der Waals surface area contributed by atoms with E-state index in [1.54, 1.807) is 12.1 Å². The number of hydrogen-bond acceptors (Lipinski definition) is 6. The Hall–Kier alpha value is -3.12. The summed E-state index contributed by atoms with van der Waals surface area (Å²) in [5.41, 5.74) is 6.90. The van der Waals surface area contributed by atoms with Gasteiger partial charge in [0.2, 0.25) is 5.88 Å². The molecule has 1 aliphatic heterocycles. The Labute approximate surface area is 160 Å². The van der Waals surface area contributed by atoms with Gasteiger partial charge in [0.1, 0.15) is 17.4 Å². The minimum Gasteiger partial charge on any atom is -0.490 e. The van der Waals surface area contributed by atoms with Gasteiger partial charge in [-0.05, 0) is 31.5 Å². The van der Waals surface area contributed by atoms with Crippen LogP contribution in [0, 0.1) is 28.1 Å². The van der Waals surface area contributed by atoms with Gasteiger partial charge >= 0.3 is 0 Å². The Morgan fingerprint density at radius 1 is 1.04 bits per heavy atom. The van der Waals surface area contributed by atoms with Crippen LogP contribution < -0.4 is 15.2 Å². The first-order valence-electron chi connectivity index (χ1n) is 8.90. The summed E-state index contributed by atoms with van der Waals surface area (Å²) in [6.45, 7) is 10.6. The summed E-state index contributed by atoms with van der Waals surface area (Å²) in [7, 11) is 0. The lowest BCUT2D eigenvalue weighted by atomic mass is 9.79. The molecule has 6 heteroatoms. The topological polar surface area (TPSA) is 101 Å². The molecule has 0 saturated heterocycles. The molecule has 1 aromatic rings. The Morgan fingerprint density at radius 3 is 2.15 bits per heavy atom. The SMILES string of the molecule is CCOc1ccc(C2C(C#N)=C(N)OC(C(C)(C)C)=C2C#N)cc1OCC. The fourth-order valence-corrected chi connectivity index (χ4v) is 3.01. The van der Waals surface area contributed by atoms with Gasteiger partial charge in [0.25, 0.3) is 0 Å². The molecule has 0 radical (unpaired) electrons. The zero-order chi connectivity index (χ0) is 20.2. The first-order valence-corrected chi connectivity index (χ1v) is 8.90. The Morgan fingerprint density at radius 2 is 1.63 bits per heavy atom. The van der Waals surface area contributed by atoms with Crippen molar-refractivity contribution in [1.82, 2.24) is 0 Å². The predicted octanol–water partition coefficient (Wildman–Crippen LogP) is 4.12. The highest BCUT2D eigenvalue weighted by atomic mass is 16.5. The molecule has 0 fully saturated rings. The fourth-order valence-electron chi connectivity index (χ4n) is 3.01. The van der Waals surface area contributed by atoms with Gasteiger partial charge in [0.15, 0.2) is 11.5 Å². The number of rotatable bonds is 5. The lowest BCUT2D eigenvalue weighted by Crippen LogP contribution is -2.26. The molecule has 0 aliphatic carbocycles. The summed E-state index contributed by atoms with van der Waals surface area (Å²) in [6.07, 6.45) is 0. The number of nitriles is 2. The van der Waals surface area contributed by atoms with Crippen LogP contribution in [0.1, 0.15) is 46.1 Å². The van der Waals surface area contributed by atoms with Crippen molar-refractivity contribution in [1.29, 1.82) is 10.5 Å². The van der Waals surface area contributed by atoms with Crippen LogP contribution in [0.15, 0.2) is 41.0 Å². The number of nitrogens with two attached hydrogens (primary N) is 1. The van der Waals surface area contributed by atoms with Gasteiger partial charge in [-0.25, -0.2) is 0 Å². The monoisotopic (exact) mass is 367 g/mol. The number of allylic oxidation sites excluding steroid dienone is 3. The van der Waals surface area contributed by atoms with Crippen LogP contribution in [0.25, 0.3) is 0 Å². The third-order valence-electron chi connectivity index (χ3n) is 4.12. The predicted molar refractivity (Wildman–Crippen MR) is 102 cm³/mol. The Balaban J connectivity index is 2.69. The standard InChI is InChI=1S/C21H25N3O3/c1-6-25-16-9-8-13(10-17(16)26-7-2)18-14(11-22)19(21(3,4)5)27-20(24)15(18)12-23/h8-10,18H,6-7,24H2,1-5H3. The highest BCUT2D eigenvalue weighted by Crippen LogP contribution is 2.45. The molecule has 6 nitrogen and oxygen atoms in total. The molecule has 0 aromatic heterocycles. The molecule has 0 saturated carbocycles. The van der Waals surface area contributed by atoms with Crippen molar-refractivity contribution >= 4 is 0 Å². The molecule has 1 heterocycles. The average Bonchev–Trinajstić information content (AvgIpc) is 2.62. The summed E-state index contributed by atoms with van der Waals surface area (Å²) in [5.74, 6) is 1.06. The number of ether oxygens (including phenoxy) is 3. The van der Waals surface area contributed by atoms with Crippen molar-refractivity contribution in [2.75, 3.05) is 13.2 Å². The van der Waals surface area contributed by atoms with Crippen LogP contribution >= 0.6 is 0 Å². The Kier molecular flexibility index (Phi) is 6.02. The maximum absolute atomic E-state index is 9.85. The van der Waals surface area contributed by atoms with Crippen molar-refractivity contribution < 1.29 is 14.2 Å². The summed E-state index contributed by atoms with van der Waals surface area (Å²) >= 11 is 0. The van der Waals surface area contributed by atoms with Gasteiger partial charge in [0.05, 0.1) is 30.8 Å². The molecule has 1 aliphatic rings. The van der Waals surface area contributed by atoms with Gasteiger partial charge in [-0.3, -0.25) is 0 Å². The van der Waals surface area contributed by atoms with E-state index in [2.05, 4.69) is 12.1 Å². The highest BCUT2D eigenvalue weighted by molar-refractivity contribution is 5.56. The van der Waals surface area contributed by atoms with E-state index in [0.717, 1.165) is 5.56 Å². The zero-order valence-electron chi connectivity index (χ0n) is 16.4. The molecular weight excluding hydrogens is 342 g/mol. The lowest BCUT2D eigenvalue weighted by Gasteiger charge is -2.32. The van der Waals surface area contributed by atoms with Crippen LogP contribution in [-0.4, -0.2) is 13.2 Å². The van der Waals surface area contributed by atoms with E-state index in [4.69, 9.17) is 19.9 Å². The van der Waals surface area contributed by atoms with E-state index in [0.29, 0.717) is 36.0 Å². The minimum atomic E-state index is -0.613. The van der Waals surface area contributed by atoms with Crippen LogP contribution in [0.5, 0.6) is 11.5 Å². The smallest absolute Gasteiger partial charge is 0.205 e. The molecule has 1 unspecified atom stereocenters. The van der Waals surface area contributed by atoms with Crippen LogP contribution in [0.3, 0.4) is 0 Å². The van der Waals surface area contributed by atoms with Gasteiger partial charge in [-0.1, -0.05) is 26.8 Å². The van der Waals surface area contributed by atoms with E-state index in [1.165, 1.54) is 0 Å². The van der Waals surface area contributed by atoms with Gasteiger partial charge in [0, 0.05) is 5.41 Å². The van der Waals surface area contributed by atoms with E-state index < -0.39 is 11.3 Å². The number of benzene rings is 1. The molecule has 1 atom stereocenters. The molecule has 142 valence electrons. The van der Waals surface area contributed by atoms with E-state index in [-0.39, 0.29) is 11.5 Å². The van der Waals surface area contributed by atoms with Crippen molar-refractivity contribution in [3.05, 3.63) is 46.6 Å². The second kappa shape index (κ2) is 8.05. The first-order chi connectivity index (χ1) is 12.8. The molecule has 0 spiro atoms. The van der Waals surface area contributed by atoms with Crippen LogP contribution in [-0.2, 0) is 4.74 Å². The maximum atomic E-state index is 9.85. The third kappa shape index (κ3) is 4.01. The summed E-state index contributed by atoms with van der Waals surface area (Å²) in [5, 5.41) is 19.5.